The Morgan fingerprint density at radius 3 is 0.949 bits per heavy atom. The number of rotatable bonds is 4. The van der Waals surface area contributed by atoms with Crippen molar-refractivity contribution in [3.05, 3.63) is 169 Å². The summed E-state index contributed by atoms with van der Waals surface area (Å²) in [6, 6.07) is 57.3. The first-order chi connectivity index (χ1) is 28.5. The van der Waals surface area contributed by atoms with E-state index in [0.29, 0.717) is 0 Å². The molecule has 0 radical (unpaired) electrons. The van der Waals surface area contributed by atoms with Gasteiger partial charge in [-0.25, -0.2) is 0 Å². The Labute approximate surface area is 343 Å². The number of aromatic nitrogens is 1. The number of fused-ring (bicyclic) bond motifs is 9. The maximum Gasteiger partial charge on any atom is 0.143 e. The number of aromatic amines is 1. The molecule has 8 aromatic carbocycles. The molecule has 0 aliphatic heterocycles. The molecule has 1 N–H and O–H groups in total. The third-order valence-corrected chi connectivity index (χ3v) is 12.4. The third kappa shape index (κ3) is 5.71. The van der Waals surface area contributed by atoms with Crippen LogP contribution in [0.25, 0.3) is 110 Å². The van der Waals surface area contributed by atoms with E-state index in [2.05, 4.69) is 204 Å². The number of nitrogens with one attached hydrogen (secondary N) is 1. The predicted octanol–water partition coefficient (Wildman–Crippen LogP) is 16.4. The minimum absolute atomic E-state index is 0.0967. The molecule has 59 heavy (non-hydrogen) atoms. The minimum Gasteiger partial charge on any atom is -0.455 e. The molecule has 0 saturated carbocycles. The van der Waals surface area contributed by atoms with Crippen LogP contribution in [0.15, 0.2) is 167 Å². The molecule has 3 aromatic heterocycles. The van der Waals surface area contributed by atoms with E-state index in [1.165, 1.54) is 21.9 Å². The summed E-state index contributed by atoms with van der Waals surface area (Å²) in [4.78, 5) is 3.68. The Balaban J connectivity index is 1.01. The van der Waals surface area contributed by atoms with Crippen LogP contribution < -0.4 is 0 Å². The van der Waals surface area contributed by atoms with Gasteiger partial charge >= 0.3 is 0 Å². The summed E-state index contributed by atoms with van der Waals surface area (Å²) >= 11 is 0. The van der Waals surface area contributed by atoms with E-state index in [-0.39, 0.29) is 10.8 Å². The molecule has 0 atom stereocenters. The summed E-state index contributed by atoms with van der Waals surface area (Å²) in [5.74, 6) is 0. The van der Waals surface area contributed by atoms with Crippen molar-refractivity contribution in [1.29, 1.82) is 0 Å². The second-order valence-electron chi connectivity index (χ2n) is 18.2. The third-order valence-electron chi connectivity index (χ3n) is 12.4. The lowest BCUT2D eigenvalue weighted by atomic mass is 9.86. The molecule has 3 nitrogen and oxygen atoms in total. The Kier molecular flexibility index (Phi) is 7.68. The van der Waals surface area contributed by atoms with Crippen LogP contribution in [-0.2, 0) is 10.8 Å². The summed E-state index contributed by atoms with van der Waals surface area (Å²) in [6.45, 7) is 13.5. The summed E-state index contributed by atoms with van der Waals surface area (Å²) in [6.07, 6.45) is 0. The lowest BCUT2D eigenvalue weighted by Crippen LogP contribution is -2.10. The fraction of sp³-hybridized carbons (Fsp3) is 0.143. The first-order valence-electron chi connectivity index (χ1n) is 20.7. The Hall–Kier alpha value is -6.84. The Morgan fingerprint density at radius 1 is 0.322 bits per heavy atom. The maximum atomic E-state index is 6.88. The van der Waals surface area contributed by atoms with E-state index in [9.17, 15) is 0 Å². The van der Waals surface area contributed by atoms with Crippen molar-refractivity contribution in [2.24, 2.45) is 0 Å². The molecule has 0 spiro atoms. The second-order valence-corrected chi connectivity index (χ2v) is 18.2. The smallest absolute Gasteiger partial charge is 0.143 e. The van der Waals surface area contributed by atoms with Crippen LogP contribution >= 0.6 is 0 Å². The van der Waals surface area contributed by atoms with Crippen molar-refractivity contribution in [3.8, 4) is 44.5 Å². The van der Waals surface area contributed by atoms with E-state index >= 15 is 0 Å². The highest BCUT2D eigenvalue weighted by molar-refractivity contribution is 6.16. The van der Waals surface area contributed by atoms with Crippen molar-refractivity contribution in [2.45, 2.75) is 52.4 Å². The van der Waals surface area contributed by atoms with Gasteiger partial charge in [-0.1, -0.05) is 175 Å². The molecular formula is C56H45NO2. The predicted molar refractivity (Wildman–Crippen MR) is 250 cm³/mol. The molecule has 11 aromatic rings. The molecule has 0 bridgehead atoms. The Morgan fingerprint density at radius 2 is 0.627 bits per heavy atom. The van der Waals surface area contributed by atoms with Gasteiger partial charge in [-0.2, -0.15) is 0 Å². The van der Waals surface area contributed by atoms with E-state index in [0.717, 1.165) is 99.4 Å². The molecule has 0 unspecified atom stereocenters. The number of hydrogen-bond acceptors (Lipinski definition) is 2. The zero-order valence-electron chi connectivity index (χ0n) is 34.3. The zero-order valence-corrected chi connectivity index (χ0v) is 34.3. The molecule has 0 aliphatic rings. The summed E-state index contributed by atoms with van der Waals surface area (Å²) in [7, 11) is 0. The van der Waals surface area contributed by atoms with Crippen molar-refractivity contribution in [2.75, 3.05) is 0 Å². The number of H-pyrrole nitrogens is 1. The molecule has 0 amide bonds. The fourth-order valence-electron chi connectivity index (χ4n) is 9.08. The molecule has 3 heteroatoms. The van der Waals surface area contributed by atoms with Gasteiger partial charge in [0.1, 0.15) is 22.3 Å². The van der Waals surface area contributed by atoms with Crippen molar-refractivity contribution >= 4 is 65.7 Å². The van der Waals surface area contributed by atoms with Crippen LogP contribution in [0.2, 0.25) is 0 Å². The Bertz CT molecular complexity index is 3200. The van der Waals surface area contributed by atoms with E-state index in [1.54, 1.807) is 0 Å². The van der Waals surface area contributed by atoms with Gasteiger partial charge in [0.05, 0.1) is 0 Å². The van der Waals surface area contributed by atoms with Gasteiger partial charge in [0.15, 0.2) is 0 Å². The molecule has 0 saturated heterocycles. The largest absolute Gasteiger partial charge is 0.455 e. The summed E-state index contributed by atoms with van der Waals surface area (Å²) in [5.41, 5.74) is 17.6. The normalized spacial score (nSPS) is 12.6. The number of para-hydroxylation sites is 4. The van der Waals surface area contributed by atoms with Gasteiger partial charge in [0.2, 0.25) is 0 Å². The summed E-state index contributed by atoms with van der Waals surface area (Å²) in [5, 5.41) is 6.84. The number of benzene rings is 8. The zero-order chi connectivity index (χ0) is 40.2. The highest BCUT2D eigenvalue weighted by atomic mass is 16.3. The number of hydrogen-bond donors (Lipinski definition) is 1. The van der Waals surface area contributed by atoms with Crippen LogP contribution in [0.3, 0.4) is 0 Å². The summed E-state index contributed by atoms with van der Waals surface area (Å²) < 4.78 is 13.8. The SMILES string of the molecule is CC(C)(C)c1ccc(-c2cccc3c2oc2c(-c4ccc5[nH]c6ccc(-c7cccc8c7oc7c(-c9ccc(C(C)(C)C)cc9)cccc78)cc6c5c4)cccc23)cc1. The molecule has 3 heterocycles. The van der Waals surface area contributed by atoms with Crippen LogP contribution in [0.5, 0.6) is 0 Å². The maximum absolute atomic E-state index is 6.88. The van der Waals surface area contributed by atoms with Gasteiger partial charge in [0.25, 0.3) is 0 Å². The average molecular weight is 764 g/mol. The van der Waals surface area contributed by atoms with Crippen LogP contribution in [0.1, 0.15) is 52.7 Å². The fourth-order valence-corrected chi connectivity index (χ4v) is 9.08. The molecular weight excluding hydrogens is 719 g/mol. The highest BCUT2D eigenvalue weighted by Crippen LogP contribution is 2.44. The monoisotopic (exact) mass is 763 g/mol. The van der Waals surface area contributed by atoms with E-state index in [1.807, 2.05) is 0 Å². The lowest BCUT2D eigenvalue weighted by Gasteiger charge is -2.19. The van der Waals surface area contributed by atoms with Crippen LogP contribution in [0.4, 0.5) is 0 Å². The van der Waals surface area contributed by atoms with Gasteiger partial charge in [-0.05, 0) is 68.5 Å². The van der Waals surface area contributed by atoms with Crippen LogP contribution in [0, 0.1) is 0 Å². The van der Waals surface area contributed by atoms with Crippen molar-refractivity contribution in [1.82, 2.24) is 4.98 Å². The first kappa shape index (κ1) is 35.3. The average Bonchev–Trinajstić information content (AvgIpc) is 3.94. The van der Waals surface area contributed by atoms with Crippen molar-refractivity contribution in [3.63, 3.8) is 0 Å². The standard InChI is InChI=1S/C56H45NO2/c1-55(2,3)37-25-19-33(20-26-37)39-11-7-15-43-45-17-9-13-41(53(45)58-51(39)43)35-23-29-49-47(31-35)48-32-36(24-30-50(48)57-49)42-14-10-18-46-44-16-8-12-40(52(44)59-54(42)46)34-21-27-38(28-22-34)56(4,5)6/h7-32,57H,1-6H3. The molecule has 0 fully saturated rings. The minimum atomic E-state index is 0.0967. The highest BCUT2D eigenvalue weighted by Gasteiger charge is 2.20. The topological polar surface area (TPSA) is 42.1 Å². The van der Waals surface area contributed by atoms with Crippen molar-refractivity contribution < 1.29 is 8.83 Å². The quantitative estimate of drug-likeness (QED) is 0.194. The van der Waals surface area contributed by atoms with Gasteiger partial charge in [0, 0.05) is 65.6 Å². The van der Waals surface area contributed by atoms with Gasteiger partial charge < -0.3 is 13.8 Å². The van der Waals surface area contributed by atoms with E-state index in [4.69, 9.17) is 8.83 Å². The van der Waals surface area contributed by atoms with Crippen LogP contribution in [-0.4, -0.2) is 4.98 Å². The van der Waals surface area contributed by atoms with Gasteiger partial charge in [-0.15, -0.1) is 0 Å². The molecule has 286 valence electrons. The van der Waals surface area contributed by atoms with E-state index < -0.39 is 0 Å². The molecule has 0 aliphatic carbocycles. The first-order valence-corrected chi connectivity index (χ1v) is 20.7. The lowest BCUT2D eigenvalue weighted by molar-refractivity contribution is 0.590. The second kappa shape index (κ2) is 12.8. The number of furan rings is 2. The molecule has 11 rings (SSSR count). The van der Waals surface area contributed by atoms with Gasteiger partial charge in [-0.3, -0.25) is 0 Å².